The molecule has 0 unspecified atom stereocenters. The lowest BCUT2D eigenvalue weighted by molar-refractivity contribution is 0.367. The van der Waals surface area contributed by atoms with Crippen LogP contribution in [0.3, 0.4) is 0 Å². The molecule has 1 aromatic carbocycles. The molecule has 0 amide bonds. The zero-order chi connectivity index (χ0) is 11.2. The van der Waals surface area contributed by atoms with Crippen LogP contribution in [0.4, 0.5) is 0 Å². The van der Waals surface area contributed by atoms with Gasteiger partial charge in [-0.25, -0.2) is 0 Å². The van der Waals surface area contributed by atoms with Crippen LogP contribution in [0.1, 0.15) is 44.6 Å². The van der Waals surface area contributed by atoms with E-state index in [4.69, 9.17) is 4.99 Å². The van der Waals surface area contributed by atoms with Gasteiger partial charge in [-0.15, -0.1) is 0 Å². The van der Waals surface area contributed by atoms with Gasteiger partial charge >= 0.3 is 0 Å². The summed E-state index contributed by atoms with van der Waals surface area (Å²) in [6, 6.07) is 10.5. The molecule has 1 heteroatoms. The highest BCUT2D eigenvalue weighted by Crippen LogP contribution is 2.23. The number of benzene rings is 1. The van der Waals surface area contributed by atoms with Crippen LogP contribution in [0.2, 0.25) is 0 Å². The minimum atomic E-state index is 0.840. The molecular weight excluding hydrogens is 194 g/mol. The van der Waals surface area contributed by atoms with Gasteiger partial charge in [-0.2, -0.15) is 0 Å². The van der Waals surface area contributed by atoms with Crippen molar-refractivity contribution in [2.24, 2.45) is 10.9 Å². The second-order valence-electron chi connectivity index (χ2n) is 4.80. The van der Waals surface area contributed by atoms with Gasteiger partial charge < -0.3 is 0 Å². The lowest BCUT2D eigenvalue weighted by atomic mass is 9.89. The smallest absolute Gasteiger partial charge is 0.0420 e. The summed E-state index contributed by atoms with van der Waals surface area (Å²) in [5, 5.41) is 0. The van der Waals surface area contributed by atoms with E-state index in [1.165, 1.54) is 43.4 Å². The Morgan fingerprint density at radius 3 is 2.50 bits per heavy atom. The molecule has 1 aliphatic carbocycles. The molecule has 0 spiro atoms. The Morgan fingerprint density at radius 2 is 1.81 bits per heavy atom. The molecule has 0 saturated heterocycles. The topological polar surface area (TPSA) is 12.4 Å². The maximum Gasteiger partial charge on any atom is 0.0420 e. The second kappa shape index (κ2) is 5.83. The highest BCUT2D eigenvalue weighted by atomic mass is 14.7. The second-order valence-corrected chi connectivity index (χ2v) is 4.80. The number of hydrogen-bond acceptors (Lipinski definition) is 1. The van der Waals surface area contributed by atoms with Crippen molar-refractivity contribution in [3.8, 4) is 0 Å². The van der Waals surface area contributed by atoms with Gasteiger partial charge in [0.05, 0.1) is 0 Å². The third-order valence-electron chi connectivity index (χ3n) is 3.50. The fourth-order valence-corrected chi connectivity index (χ4v) is 2.41. The van der Waals surface area contributed by atoms with Crippen molar-refractivity contribution in [1.29, 1.82) is 0 Å². The van der Waals surface area contributed by atoms with Crippen molar-refractivity contribution >= 4 is 5.71 Å². The van der Waals surface area contributed by atoms with E-state index in [1.54, 1.807) is 0 Å². The third-order valence-corrected chi connectivity index (χ3v) is 3.50. The van der Waals surface area contributed by atoms with E-state index in [-0.39, 0.29) is 0 Å². The maximum atomic E-state index is 4.73. The van der Waals surface area contributed by atoms with Gasteiger partial charge in [0.1, 0.15) is 0 Å². The lowest BCUT2D eigenvalue weighted by Crippen LogP contribution is -2.10. The largest absolute Gasteiger partial charge is 0.289 e. The average Bonchev–Trinajstić information content (AvgIpc) is 2.38. The molecule has 1 aliphatic rings. The van der Waals surface area contributed by atoms with Gasteiger partial charge in [-0.3, -0.25) is 4.99 Å². The average molecular weight is 215 g/mol. The summed E-state index contributed by atoms with van der Waals surface area (Å²) in [6.45, 7) is 3.15. The van der Waals surface area contributed by atoms with E-state index in [1.807, 2.05) is 0 Å². The summed E-state index contributed by atoms with van der Waals surface area (Å²) in [5.74, 6) is 0.840. The SMILES string of the molecule is CC(=NCC1CCCCC1)c1ccccc1. The van der Waals surface area contributed by atoms with E-state index in [9.17, 15) is 0 Å². The van der Waals surface area contributed by atoms with Crippen LogP contribution in [0.5, 0.6) is 0 Å². The van der Waals surface area contributed by atoms with Crippen LogP contribution >= 0.6 is 0 Å². The number of aliphatic imine (C=N–C) groups is 1. The summed E-state index contributed by atoms with van der Waals surface area (Å²) in [6.07, 6.45) is 7.00. The first-order chi connectivity index (χ1) is 7.86. The fourth-order valence-electron chi connectivity index (χ4n) is 2.41. The minimum absolute atomic E-state index is 0.840. The summed E-state index contributed by atoms with van der Waals surface area (Å²) < 4.78 is 0. The monoisotopic (exact) mass is 215 g/mol. The van der Waals surface area contributed by atoms with Crippen molar-refractivity contribution in [2.75, 3.05) is 6.54 Å². The summed E-state index contributed by atoms with van der Waals surface area (Å²) >= 11 is 0. The Kier molecular flexibility index (Phi) is 4.15. The van der Waals surface area contributed by atoms with Gasteiger partial charge in [0.15, 0.2) is 0 Å². The molecule has 2 rings (SSSR count). The molecule has 0 aromatic heterocycles. The summed E-state index contributed by atoms with van der Waals surface area (Å²) in [7, 11) is 0. The molecule has 16 heavy (non-hydrogen) atoms. The summed E-state index contributed by atoms with van der Waals surface area (Å²) in [4.78, 5) is 4.73. The maximum absolute atomic E-state index is 4.73. The van der Waals surface area contributed by atoms with Gasteiger partial charge in [0, 0.05) is 12.3 Å². The van der Waals surface area contributed by atoms with Crippen molar-refractivity contribution in [3.05, 3.63) is 35.9 Å². The van der Waals surface area contributed by atoms with Crippen molar-refractivity contribution in [2.45, 2.75) is 39.0 Å². The number of hydrogen-bond donors (Lipinski definition) is 0. The molecule has 0 heterocycles. The zero-order valence-electron chi connectivity index (χ0n) is 10.2. The minimum Gasteiger partial charge on any atom is -0.289 e. The molecule has 0 aliphatic heterocycles. The van der Waals surface area contributed by atoms with E-state index < -0.39 is 0 Å². The van der Waals surface area contributed by atoms with Crippen molar-refractivity contribution < 1.29 is 0 Å². The molecule has 86 valence electrons. The highest BCUT2D eigenvalue weighted by Gasteiger charge is 2.12. The first-order valence-electron chi connectivity index (χ1n) is 6.43. The summed E-state index contributed by atoms with van der Waals surface area (Å²) in [5.41, 5.74) is 2.45. The van der Waals surface area contributed by atoms with E-state index >= 15 is 0 Å². The molecule has 1 aromatic rings. The van der Waals surface area contributed by atoms with Crippen LogP contribution < -0.4 is 0 Å². The molecule has 0 atom stereocenters. The Labute approximate surface area is 98.6 Å². The predicted octanol–water partition coefficient (Wildman–Crippen LogP) is 4.08. The van der Waals surface area contributed by atoms with Crippen molar-refractivity contribution in [3.63, 3.8) is 0 Å². The quantitative estimate of drug-likeness (QED) is 0.674. The Hall–Kier alpha value is -1.11. The predicted molar refractivity (Wildman–Crippen MR) is 70.1 cm³/mol. The number of nitrogens with zero attached hydrogens (tertiary/aromatic N) is 1. The Morgan fingerprint density at radius 1 is 1.12 bits per heavy atom. The van der Waals surface area contributed by atoms with Crippen LogP contribution in [0.15, 0.2) is 35.3 Å². The molecule has 0 bridgehead atoms. The third kappa shape index (κ3) is 3.19. The molecule has 1 nitrogen and oxygen atoms in total. The normalized spacial score (nSPS) is 18.7. The van der Waals surface area contributed by atoms with Gasteiger partial charge in [0.25, 0.3) is 0 Å². The van der Waals surface area contributed by atoms with Crippen molar-refractivity contribution in [1.82, 2.24) is 0 Å². The van der Waals surface area contributed by atoms with Crippen LogP contribution in [0.25, 0.3) is 0 Å². The first-order valence-corrected chi connectivity index (χ1v) is 6.43. The van der Waals surface area contributed by atoms with Gasteiger partial charge in [-0.05, 0) is 31.2 Å². The standard InChI is InChI=1S/C15H21N/c1-13(15-10-6-3-7-11-15)16-12-14-8-4-2-5-9-14/h3,6-7,10-11,14H,2,4-5,8-9,12H2,1H3. The fraction of sp³-hybridized carbons (Fsp3) is 0.533. The van der Waals surface area contributed by atoms with Crippen LogP contribution in [0, 0.1) is 5.92 Å². The van der Waals surface area contributed by atoms with E-state index in [2.05, 4.69) is 37.3 Å². The Balaban J connectivity index is 1.91. The molecular formula is C15H21N. The van der Waals surface area contributed by atoms with Gasteiger partial charge in [-0.1, -0.05) is 49.6 Å². The molecule has 1 saturated carbocycles. The molecule has 0 N–H and O–H groups in total. The van der Waals surface area contributed by atoms with Crippen LogP contribution in [-0.4, -0.2) is 12.3 Å². The molecule has 1 fully saturated rings. The van der Waals surface area contributed by atoms with Gasteiger partial charge in [0.2, 0.25) is 0 Å². The first kappa shape index (κ1) is 11.4. The zero-order valence-corrected chi connectivity index (χ0v) is 10.2. The number of rotatable bonds is 3. The Bertz CT molecular complexity index is 334. The van der Waals surface area contributed by atoms with E-state index in [0.29, 0.717) is 0 Å². The van der Waals surface area contributed by atoms with Crippen LogP contribution in [-0.2, 0) is 0 Å². The highest BCUT2D eigenvalue weighted by molar-refractivity contribution is 5.98. The van der Waals surface area contributed by atoms with E-state index in [0.717, 1.165) is 12.5 Å². The lowest BCUT2D eigenvalue weighted by Gasteiger charge is -2.19. The molecule has 0 radical (unpaired) electrons.